The summed E-state index contributed by atoms with van der Waals surface area (Å²) in [6, 6.07) is 4.17. The average Bonchev–Trinajstić information content (AvgIpc) is 2.85. The van der Waals surface area contributed by atoms with Crippen molar-refractivity contribution in [2.75, 3.05) is 6.54 Å². The van der Waals surface area contributed by atoms with Crippen molar-refractivity contribution in [3.8, 4) is 9.88 Å². The average molecular weight is 224 g/mol. The van der Waals surface area contributed by atoms with Crippen molar-refractivity contribution >= 4 is 22.7 Å². The van der Waals surface area contributed by atoms with Crippen molar-refractivity contribution in [1.29, 1.82) is 0 Å². The second-order valence-corrected chi connectivity index (χ2v) is 4.95. The molecule has 0 atom stereocenters. The SMILES string of the molecule is CCNCc1cnc(-c2cccs2)s1. The molecule has 0 radical (unpaired) electrons. The predicted octanol–water partition coefficient (Wildman–Crippen LogP) is 2.98. The maximum Gasteiger partial charge on any atom is 0.133 e. The van der Waals surface area contributed by atoms with E-state index in [1.165, 1.54) is 9.75 Å². The van der Waals surface area contributed by atoms with Gasteiger partial charge in [0.15, 0.2) is 0 Å². The van der Waals surface area contributed by atoms with Gasteiger partial charge in [-0.1, -0.05) is 13.0 Å². The fourth-order valence-electron chi connectivity index (χ4n) is 1.15. The molecule has 0 bridgehead atoms. The minimum absolute atomic E-state index is 0.930. The first-order valence-corrected chi connectivity index (χ1v) is 6.29. The van der Waals surface area contributed by atoms with Gasteiger partial charge >= 0.3 is 0 Å². The van der Waals surface area contributed by atoms with Gasteiger partial charge in [0.2, 0.25) is 0 Å². The van der Waals surface area contributed by atoms with Crippen LogP contribution in [0.1, 0.15) is 11.8 Å². The van der Waals surface area contributed by atoms with Gasteiger partial charge in [0.1, 0.15) is 5.01 Å². The third kappa shape index (κ3) is 2.20. The Kier molecular flexibility index (Phi) is 3.29. The fraction of sp³-hybridized carbons (Fsp3) is 0.300. The number of nitrogens with zero attached hydrogens (tertiary/aromatic N) is 1. The van der Waals surface area contributed by atoms with Crippen LogP contribution in [0.3, 0.4) is 0 Å². The Bertz CT molecular complexity index is 378. The van der Waals surface area contributed by atoms with E-state index >= 15 is 0 Å². The summed E-state index contributed by atoms with van der Waals surface area (Å²) in [5.74, 6) is 0. The molecule has 0 fully saturated rings. The zero-order valence-electron chi connectivity index (χ0n) is 7.99. The van der Waals surface area contributed by atoms with Gasteiger partial charge < -0.3 is 5.32 Å². The van der Waals surface area contributed by atoms with Crippen LogP contribution in [0.4, 0.5) is 0 Å². The molecule has 0 spiro atoms. The Labute approximate surface area is 91.6 Å². The zero-order chi connectivity index (χ0) is 9.80. The van der Waals surface area contributed by atoms with Gasteiger partial charge in [0.25, 0.3) is 0 Å². The van der Waals surface area contributed by atoms with Crippen molar-refractivity contribution in [3.63, 3.8) is 0 Å². The highest BCUT2D eigenvalue weighted by Gasteiger charge is 2.04. The molecule has 0 aliphatic rings. The Balaban J connectivity index is 2.10. The molecular formula is C10H12N2S2. The molecule has 2 heterocycles. The van der Waals surface area contributed by atoms with Crippen molar-refractivity contribution in [1.82, 2.24) is 10.3 Å². The van der Waals surface area contributed by atoms with E-state index in [-0.39, 0.29) is 0 Å². The largest absolute Gasteiger partial charge is 0.312 e. The molecule has 0 aromatic carbocycles. The van der Waals surface area contributed by atoms with E-state index in [2.05, 4.69) is 34.7 Å². The highest BCUT2D eigenvalue weighted by Crippen LogP contribution is 2.28. The monoisotopic (exact) mass is 224 g/mol. The van der Waals surface area contributed by atoms with Crippen LogP contribution in [-0.4, -0.2) is 11.5 Å². The van der Waals surface area contributed by atoms with Crippen molar-refractivity contribution in [2.24, 2.45) is 0 Å². The number of aromatic nitrogens is 1. The van der Waals surface area contributed by atoms with Gasteiger partial charge in [-0.05, 0) is 18.0 Å². The van der Waals surface area contributed by atoms with Crippen LogP contribution in [0.15, 0.2) is 23.7 Å². The molecule has 2 rings (SSSR count). The summed E-state index contributed by atoms with van der Waals surface area (Å²) in [6.07, 6.45) is 1.96. The molecule has 2 aromatic heterocycles. The third-order valence-electron chi connectivity index (χ3n) is 1.83. The Morgan fingerprint density at radius 2 is 2.43 bits per heavy atom. The molecule has 14 heavy (non-hydrogen) atoms. The maximum absolute atomic E-state index is 4.40. The number of thiazole rings is 1. The summed E-state index contributed by atoms with van der Waals surface area (Å²) in [4.78, 5) is 6.96. The standard InChI is InChI=1S/C10H12N2S2/c1-2-11-6-8-7-12-10(14-8)9-4-3-5-13-9/h3-5,7,11H,2,6H2,1H3. The summed E-state index contributed by atoms with van der Waals surface area (Å²) in [6.45, 7) is 4.05. The van der Waals surface area contributed by atoms with Crippen LogP contribution in [0, 0.1) is 0 Å². The van der Waals surface area contributed by atoms with E-state index in [1.807, 2.05) is 6.20 Å². The molecular weight excluding hydrogens is 212 g/mol. The van der Waals surface area contributed by atoms with E-state index in [0.717, 1.165) is 18.1 Å². The maximum atomic E-state index is 4.40. The summed E-state index contributed by atoms with van der Waals surface area (Å²) in [5, 5.41) is 6.51. The highest BCUT2D eigenvalue weighted by molar-refractivity contribution is 7.20. The first-order chi connectivity index (χ1) is 6.90. The molecule has 0 saturated carbocycles. The molecule has 0 amide bonds. The number of hydrogen-bond acceptors (Lipinski definition) is 4. The first-order valence-electron chi connectivity index (χ1n) is 4.59. The minimum Gasteiger partial charge on any atom is -0.312 e. The number of rotatable bonds is 4. The van der Waals surface area contributed by atoms with Crippen LogP contribution in [-0.2, 0) is 6.54 Å². The highest BCUT2D eigenvalue weighted by atomic mass is 32.1. The summed E-state index contributed by atoms with van der Waals surface area (Å²) >= 11 is 3.51. The Morgan fingerprint density at radius 3 is 3.14 bits per heavy atom. The lowest BCUT2D eigenvalue weighted by Crippen LogP contribution is -2.10. The summed E-state index contributed by atoms with van der Waals surface area (Å²) in [5.41, 5.74) is 0. The molecule has 0 aliphatic carbocycles. The minimum atomic E-state index is 0.930. The van der Waals surface area contributed by atoms with E-state index in [9.17, 15) is 0 Å². The van der Waals surface area contributed by atoms with Crippen LogP contribution in [0.5, 0.6) is 0 Å². The lowest BCUT2D eigenvalue weighted by atomic mass is 10.5. The number of nitrogens with one attached hydrogen (secondary N) is 1. The topological polar surface area (TPSA) is 24.9 Å². The van der Waals surface area contributed by atoms with Crippen LogP contribution in [0.25, 0.3) is 9.88 Å². The molecule has 0 unspecified atom stereocenters. The second kappa shape index (κ2) is 4.68. The van der Waals surface area contributed by atoms with Gasteiger partial charge in [-0.3, -0.25) is 0 Å². The number of hydrogen-bond donors (Lipinski definition) is 1. The first kappa shape index (κ1) is 9.83. The van der Waals surface area contributed by atoms with Crippen LogP contribution in [0.2, 0.25) is 0 Å². The Morgan fingerprint density at radius 1 is 1.50 bits per heavy atom. The molecule has 0 saturated heterocycles. The van der Waals surface area contributed by atoms with Crippen molar-refractivity contribution in [2.45, 2.75) is 13.5 Å². The van der Waals surface area contributed by atoms with E-state index in [0.29, 0.717) is 0 Å². The molecule has 2 aromatic rings. The van der Waals surface area contributed by atoms with Crippen LogP contribution >= 0.6 is 22.7 Å². The third-order valence-corrected chi connectivity index (χ3v) is 3.87. The van der Waals surface area contributed by atoms with E-state index in [1.54, 1.807) is 22.7 Å². The molecule has 4 heteroatoms. The van der Waals surface area contributed by atoms with E-state index < -0.39 is 0 Å². The lowest BCUT2D eigenvalue weighted by Gasteiger charge is -1.94. The fourth-order valence-corrected chi connectivity index (χ4v) is 2.84. The summed E-state index contributed by atoms with van der Waals surface area (Å²) in [7, 11) is 0. The van der Waals surface area contributed by atoms with Gasteiger partial charge in [-0.15, -0.1) is 22.7 Å². The molecule has 74 valence electrons. The van der Waals surface area contributed by atoms with Gasteiger partial charge in [0.05, 0.1) is 4.88 Å². The van der Waals surface area contributed by atoms with Gasteiger partial charge in [-0.25, -0.2) is 4.98 Å². The van der Waals surface area contributed by atoms with Crippen molar-refractivity contribution in [3.05, 3.63) is 28.6 Å². The van der Waals surface area contributed by atoms with Gasteiger partial charge in [-0.2, -0.15) is 0 Å². The normalized spacial score (nSPS) is 10.6. The molecule has 0 aliphatic heterocycles. The number of thiophene rings is 1. The molecule has 1 N–H and O–H groups in total. The second-order valence-electron chi connectivity index (χ2n) is 2.89. The Hall–Kier alpha value is -0.710. The summed E-state index contributed by atoms with van der Waals surface area (Å²) < 4.78 is 0. The van der Waals surface area contributed by atoms with E-state index in [4.69, 9.17) is 0 Å². The van der Waals surface area contributed by atoms with Crippen molar-refractivity contribution < 1.29 is 0 Å². The quantitative estimate of drug-likeness (QED) is 0.863. The molecule has 2 nitrogen and oxygen atoms in total. The smallest absolute Gasteiger partial charge is 0.133 e. The van der Waals surface area contributed by atoms with Gasteiger partial charge in [0, 0.05) is 17.6 Å². The van der Waals surface area contributed by atoms with Crippen LogP contribution < -0.4 is 5.32 Å². The zero-order valence-corrected chi connectivity index (χ0v) is 9.62. The lowest BCUT2D eigenvalue weighted by molar-refractivity contribution is 0.734. The predicted molar refractivity (Wildman–Crippen MR) is 62.8 cm³/mol.